The highest BCUT2D eigenvalue weighted by atomic mass is 16.5. The van der Waals surface area contributed by atoms with Gasteiger partial charge in [-0.2, -0.15) is 0 Å². The molecule has 2 amide bonds. The Morgan fingerprint density at radius 1 is 0.606 bits per heavy atom. The number of unbranched alkanes of at least 4 members (excludes halogenated alkanes) is 19. The number of esters is 1. The average Bonchev–Trinajstić information content (AvgIpc) is 2.82. The third-order valence-electron chi connectivity index (χ3n) is 6.11. The maximum Gasteiger partial charge on any atom is 0.330 e. The summed E-state index contributed by atoms with van der Waals surface area (Å²) in [5, 5.41) is 5.50. The lowest BCUT2D eigenvalue weighted by Crippen LogP contribution is -2.37. The molecule has 5 nitrogen and oxygen atoms in total. The molecule has 194 valence electrons. The van der Waals surface area contributed by atoms with Crippen molar-refractivity contribution in [2.45, 2.75) is 135 Å². The second kappa shape index (κ2) is 26.7. The Labute approximate surface area is 204 Å². The highest BCUT2D eigenvalue weighted by Gasteiger charge is 2.00. The summed E-state index contributed by atoms with van der Waals surface area (Å²) in [7, 11) is 0. The molecule has 0 aliphatic rings. The Bertz CT molecular complexity index is 454. The SMILES string of the molecule is C=CC(=O)OCCNC(=O)NCCCCCCCCCCCCCCCCCCCCCC. The standard InChI is InChI=1S/C28H54N2O3/c1-3-5-6-7-8-9-10-11-12-13-14-15-16-17-18-19-20-21-22-23-24-29-28(32)30-25-26-33-27(31)4-2/h4H,2-3,5-26H2,1H3,(H2,29,30,32). The molecule has 0 unspecified atom stereocenters. The maximum atomic E-state index is 11.6. The molecule has 0 heterocycles. The van der Waals surface area contributed by atoms with Gasteiger partial charge in [0.2, 0.25) is 0 Å². The van der Waals surface area contributed by atoms with E-state index in [0.29, 0.717) is 13.1 Å². The molecule has 0 rings (SSSR count). The summed E-state index contributed by atoms with van der Waals surface area (Å²) >= 11 is 0. The summed E-state index contributed by atoms with van der Waals surface area (Å²) in [6.45, 7) is 6.77. The van der Waals surface area contributed by atoms with E-state index in [-0.39, 0.29) is 12.6 Å². The zero-order valence-corrected chi connectivity index (χ0v) is 21.8. The van der Waals surface area contributed by atoms with Crippen LogP contribution in [0.15, 0.2) is 12.7 Å². The van der Waals surface area contributed by atoms with Crippen molar-refractivity contribution in [3.8, 4) is 0 Å². The second-order valence-electron chi connectivity index (χ2n) is 9.27. The number of urea groups is 1. The largest absolute Gasteiger partial charge is 0.461 e. The smallest absolute Gasteiger partial charge is 0.330 e. The average molecular weight is 467 g/mol. The van der Waals surface area contributed by atoms with E-state index >= 15 is 0 Å². The van der Waals surface area contributed by atoms with Gasteiger partial charge in [0, 0.05) is 12.6 Å². The van der Waals surface area contributed by atoms with Crippen LogP contribution >= 0.6 is 0 Å². The number of hydrogen-bond donors (Lipinski definition) is 2. The minimum absolute atomic E-state index is 0.164. The van der Waals surface area contributed by atoms with Crippen LogP contribution in [0.2, 0.25) is 0 Å². The molecule has 0 bridgehead atoms. The molecule has 0 aromatic heterocycles. The summed E-state index contributed by atoms with van der Waals surface area (Å²) < 4.78 is 4.79. The molecule has 0 spiro atoms. The normalized spacial score (nSPS) is 10.7. The van der Waals surface area contributed by atoms with Crippen molar-refractivity contribution >= 4 is 12.0 Å². The molecule has 0 aliphatic heterocycles. The first-order valence-electron chi connectivity index (χ1n) is 14.0. The van der Waals surface area contributed by atoms with E-state index in [9.17, 15) is 9.59 Å². The predicted molar refractivity (Wildman–Crippen MR) is 141 cm³/mol. The lowest BCUT2D eigenvalue weighted by atomic mass is 10.0. The van der Waals surface area contributed by atoms with E-state index < -0.39 is 5.97 Å². The molecule has 0 saturated heterocycles. The van der Waals surface area contributed by atoms with Gasteiger partial charge >= 0.3 is 12.0 Å². The van der Waals surface area contributed by atoms with Crippen LogP contribution in [0.25, 0.3) is 0 Å². The van der Waals surface area contributed by atoms with Crippen molar-refractivity contribution in [2.75, 3.05) is 19.7 Å². The number of hydrogen-bond acceptors (Lipinski definition) is 3. The summed E-state index contributed by atoms with van der Waals surface area (Å²) in [5.74, 6) is -0.471. The molecule has 0 atom stereocenters. The van der Waals surface area contributed by atoms with E-state index in [4.69, 9.17) is 4.74 Å². The monoisotopic (exact) mass is 466 g/mol. The molecule has 33 heavy (non-hydrogen) atoms. The fraction of sp³-hybridized carbons (Fsp3) is 0.857. The van der Waals surface area contributed by atoms with Crippen molar-refractivity contribution in [2.24, 2.45) is 0 Å². The van der Waals surface area contributed by atoms with Crippen molar-refractivity contribution < 1.29 is 14.3 Å². The molecule has 0 radical (unpaired) electrons. The maximum absolute atomic E-state index is 11.6. The first-order chi connectivity index (χ1) is 16.2. The van der Waals surface area contributed by atoms with Crippen molar-refractivity contribution in [3.63, 3.8) is 0 Å². The highest BCUT2D eigenvalue weighted by molar-refractivity contribution is 5.81. The van der Waals surface area contributed by atoms with Crippen molar-refractivity contribution in [3.05, 3.63) is 12.7 Å². The third-order valence-corrected chi connectivity index (χ3v) is 6.11. The first-order valence-corrected chi connectivity index (χ1v) is 14.0. The van der Waals surface area contributed by atoms with E-state index in [1.807, 2.05) is 0 Å². The molecule has 0 aromatic carbocycles. The van der Waals surface area contributed by atoms with E-state index in [1.165, 1.54) is 116 Å². The van der Waals surface area contributed by atoms with E-state index in [0.717, 1.165) is 18.9 Å². The fourth-order valence-corrected chi connectivity index (χ4v) is 4.02. The van der Waals surface area contributed by atoms with E-state index in [2.05, 4.69) is 24.1 Å². The topological polar surface area (TPSA) is 67.4 Å². The van der Waals surface area contributed by atoms with Crippen molar-refractivity contribution in [1.82, 2.24) is 10.6 Å². The predicted octanol–water partition coefficient (Wildman–Crippen LogP) is 7.84. The summed E-state index contributed by atoms with van der Waals surface area (Å²) in [6, 6.07) is -0.206. The summed E-state index contributed by atoms with van der Waals surface area (Å²) in [5.41, 5.74) is 0. The van der Waals surface area contributed by atoms with Crippen molar-refractivity contribution in [1.29, 1.82) is 0 Å². The molecule has 0 aliphatic carbocycles. The van der Waals surface area contributed by atoms with Gasteiger partial charge in [0.05, 0.1) is 6.54 Å². The number of nitrogens with one attached hydrogen (secondary N) is 2. The van der Waals surface area contributed by atoms with Gasteiger partial charge in [-0.1, -0.05) is 135 Å². The molecule has 0 fully saturated rings. The second-order valence-corrected chi connectivity index (χ2v) is 9.27. The Hall–Kier alpha value is -1.52. The van der Waals surface area contributed by atoms with Gasteiger partial charge in [-0.05, 0) is 6.42 Å². The third kappa shape index (κ3) is 26.6. The van der Waals surface area contributed by atoms with Gasteiger partial charge in [-0.15, -0.1) is 0 Å². The first kappa shape index (κ1) is 31.5. The quantitative estimate of drug-likeness (QED) is 0.0818. The Balaban J connectivity index is 3.13. The lowest BCUT2D eigenvalue weighted by molar-refractivity contribution is -0.137. The van der Waals surface area contributed by atoms with Gasteiger partial charge in [0.1, 0.15) is 6.61 Å². The van der Waals surface area contributed by atoms with Gasteiger partial charge in [-0.25, -0.2) is 9.59 Å². The van der Waals surface area contributed by atoms with Crippen LogP contribution in [0, 0.1) is 0 Å². The van der Waals surface area contributed by atoms with Gasteiger partial charge in [-0.3, -0.25) is 0 Å². The van der Waals surface area contributed by atoms with Crippen LogP contribution in [0.4, 0.5) is 4.79 Å². The number of rotatable bonds is 25. The zero-order chi connectivity index (χ0) is 24.2. The van der Waals surface area contributed by atoms with Gasteiger partial charge in [0.25, 0.3) is 0 Å². The minimum atomic E-state index is -0.471. The minimum Gasteiger partial charge on any atom is -0.461 e. The Morgan fingerprint density at radius 2 is 0.970 bits per heavy atom. The van der Waals surface area contributed by atoms with E-state index in [1.54, 1.807) is 0 Å². The van der Waals surface area contributed by atoms with Crippen LogP contribution in [-0.4, -0.2) is 31.7 Å². The number of carbonyl (C=O) groups excluding carboxylic acids is 2. The number of amides is 2. The number of ether oxygens (including phenoxy) is 1. The van der Waals surface area contributed by atoms with Crippen LogP contribution in [0.3, 0.4) is 0 Å². The summed E-state index contributed by atoms with van der Waals surface area (Å²) in [6.07, 6.45) is 28.5. The molecular weight excluding hydrogens is 412 g/mol. The van der Waals surface area contributed by atoms with Crippen LogP contribution < -0.4 is 10.6 Å². The lowest BCUT2D eigenvalue weighted by Gasteiger charge is -2.07. The molecule has 0 saturated carbocycles. The number of carbonyl (C=O) groups is 2. The molecule has 5 heteroatoms. The van der Waals surface area contributed by atoms with Crippen LogP contribution in [0.1, 0.15) is 135 Å². The summed E-state index contributed by atoms with van der Waals surface area (Å²) in [4.78, 5) is 22.4. The molecular formula is C28H54N2O3. The highest BCUT2D eigenvalue weighted by Crippen LogP contribution is 2.14. The zero-order valence-electron chi connectivity index (χ0n) is 21.8. The van der Waals surface area contributed by atoms with Crippen LogP contribution in [0.5, 0.6) is 0 Å². The Morgan fingerprint density at radius 3 is 1.36 bits per heavy atom. The molecule has 0 aromatic rings. The fourth-order valence-electron chi connectivity index (χ4n) is 4.02. The van der Waals surface area contributed by atoms with Crippen LogP contribution in [-0.2, 0) is 9.53 Å². The van der Waals surface area contributed by atoms with Gasteiger partial charge < -0.3 is 15.4 Å². The molecule has 2 N–H and O–H groups in total. The van der Waals surface area contributed by atoms with Gasteiger partial charge in [0.15, 0.2) is 0 Å². The Kier molecular flexibility index (Phi) is 25.5.